The number of methoxy groups -OCH3 is 1. The summed E-state index contributed by atoms with van der Waals surface area (Å²) in [5, 5.41) is 12.4. The third-order valence-corrected chi connectivity index (χ3v) is 6.81. The molecule has 0 aliphatic heterocycles. The van der Waals surface area contributed by atoms with E-state index in [0.29, 0.717) is 23.4 Å². The molecule has 35 heavy (non-hydrogen) atoms. The number of nitrogens with one attached hydrogen (secondary N) is 1. The number of benzene rings is 2. The van der Waals surface area contributed by atoms with Crippen molar-refractivity contribution in [3.8, 4) is 10.6 Å². The topological polar surface area (TPSA) is 106 Å². The Morgan fingerprint density at radius 1 is 1.14 bits per heavy atom. The predicted molar refractivity (Wildman–Crippen MR) is 121 cm³/mol. The van der Waals surface area contributed by atoms with Crippen LogP contribution in [0.15, 0.2) is 42.5 Å². The zero-order valence-corrected chi connectivity index (χ0v) is 19.1. The molecule has 182 valence electrons. The SMILES string of the molecule is COC(=O)Cc1nc(-c2cccc3c2CC(C(=O)O)C3)sc1C(=O)Nc1ccc(C(F)(F)F)cc1. The van der Waals surface area contributed by atoms with Gasteiger partial charge in [-0.15, -0.1) is 11.3 Å². The van der Waals surface area contributed by atoms with Gasteiger partial charge < -0.3 is 15.2 Å². The molecule has 7 nitrogen and oxygen atoms in total. The van der Waals surface area contributed by atoms with E-state index in [0.717, 1.165) is 46.7 Å². The number of rotatable bonds is 6. The van der Waals surface area contributed by atoms with Gasteiger partial charge in [0.25, 0.3) is 5.91 Å². The van der Waals surface area contributed by atoms with Gasteiger partial charge in [0.1, 0.15) is 9.88 Å². The van der Waals surface area contributed by atoms with Gasteiger partial charge in [0, 0.05) is 11.3 Å². The number of carbonyl (C=O) groups excluding carboxylic acids is 2. The summed E-state index contributed by atoms with van der Waals surface area (Å²) < 4.78 is 43.1. The molecule has 0 saturated heterocycles. The maximum atomic E-state index is 13.0. The average molecular weight is 504 g/mol. The van der Waals surface area contributed by atoms with Crippen LogP contribution in [0.25, 0.3) is 10.6 Å². The molecule has 0 fully saturated rings. The summed E-state index contributed by atoms with van der Waals surface area (Å²) in [5.41, 5.74) is 1.84. The van der Waals surface area contributed by atoms with Crippen molar-refractivity contribution in [3.63, 3.8) is 0 Å². The van der Waals surface area contributed by atoms with Crippen molar-refractivity contribution in [1.82, 2.24) is 4.98 Å². The first-order valence-electron chi connectivity index (χ1n) is 10.5. The van der Waals surface area contributed by atoms with Gasteiger partial charge >= 0.3 is 18.1 Å². The van der Waals surface area contributed by atoms with E-state index in [9.17, 15) is 32.7 Å². The number of fused-ring (bicyclic) bond motifs is 1. The van der Waals surface area contributed by atoms with Crippen LogP contribution < -0.4 is 5.32 Å². The molecule has 1 heterocycles. The maximum Gasteiger partial charge on any atom is 0.416 e. The zero-order valence-electron chi connectivity index (χ0n) is 18.3. The third-order valence-electron chi connectivity index (χ3n) is 5.68. The van der Waals surface area contributed by atoms with Crippen LogP contribution in [0.2, 0.25) is 0 Å². The number of esters is 1. The van der Waals surface area contributed by atoms with Crippen LogP contribution in [0.3, 0.4) is 0 Å². The molecule has 0 saturated carbocycles. The molecule has 0 radical (unpaired) electrons. The van der Waals surface area contributed by atoms with E-state index in [2.05, 4.69) is 10.3 Å². The van der Waals surface area contributed by atoms with Gasteiger partial charge in [-0.25, -0.2) is 4.98 Å². The van der Waals surface area contributed by atoms with E-state index in [4.69, 9.17) is 4.74 Å². The van der Waals surface area contributed by atoms with E-state index < -0.39 is 35.5 Å². The number of carbonyl (C=O) groups is 3. The molecule has 0 spiro atoms. The Morgan fingerprint density at radius 3 is 2.49 bits per heavy atom. The number of aliphatic carboxylic acids is 1. The lowest BCUT2D eigenvalue weighted by molar-refractivity contribution is -0.141. The second-order valence-electron chi connectivity index (χ2n) is 7.96. The predicted octanol–water partition coefficient (Wildman–Crippen LogP) is 4.60. The van der Waals surface area contributed by atoms with Gasteiger partial charge in [-0.1, -0.05) is 18.2 Å². The fraction of sp³-hybridized carbons (Fsp3) is 0.250. The van der Waals surface area contributed by atoms with Crippen LogP contribution in [-0.4, -0.2) is 35.0 Å². The molecule has 4 rings (SSSR count). The quantitative estimate of drug-likeness (QED) is 0.476. The summed E-state index contributed by atoms with van der Waals surface area (Å²) >= 11 is 1.02. The van der Waals surface area contributed by atoms with Gasteiger partial charge in [-0.05, 0) is 48.2 Å². The highest BCUT2D eigenvalue weighted by molar-refractivity contribution is 7.17. The zero-order chi connectivity index (χ0) is 25.3. The van der Waals surface area contributed by atoms with Gasteiger partial charge in [0.05, 0.1) is 30.7 Å². The number of hydrogen-bond donors (Lipinski definition) is 2. The van der Waals surface area contributed by atoms with Crippen LogP contribution in [0.4, 0.5) is 18.9 Å². The Kier molecular flexibility index (Phi) is 6.62. The number of carboxylic acid groups (broad SMARTS) is 1. The molecular weight excluding hydrogens is 485 g/mol. The molecule has 1 aliphatic rings. The van der Waals surface area contributed by atoms with Gasteiger partial charge in [-0.3, -0.25) is 14.4 Å². The van der Waals surface area contributed by atoms with Crippen LogP contribution in [0.5, 0.6) is 0 Å². The molecule has 1 unspecified atom stereocenters. The molecule has 2 N–H and O–H groups in total. The van der Waals surface area contributed by atoms with Crippen molar-refractivity contribution in [1.29, 1.82) is 0 Å². The second-order valence-corrected chi connectivity index (χ2v) is 8.96. The Hall–Kier alpha value is -3.73. The second kappa shape index (κ2) is 9.49. The number of alkyl halides is 3. The molecule has 11 heteroatoms. The number of ether oxygens (including phenoxy) is 1. The van der Waals surface area contributed by atoms with E-state index >= 15 is 0 Å². The van der Waals surface area contributed by atoms with E-state index in [1.165, 1.54) is 7.11 Å². The molecule has 2 aromatic carbocycles. The Morgan fingerprint density at radius 2 is 1.86 bits per heavy atom. The molecule has 0 bridgehead atoms. The van der Waals surface area contributed by atoms with Crippen LogP contribution in [0.1, 0.15) is 32.1 Å². The summed E-state index contributed by atoms with van der Waals surface area (Å²) in [6.45, 7) is 0. The average Bonchev–Trinajstić information content (AvgIpc) is 3.43. The summed E-state index contributed by atoms with van der Waals surface area (Å²) in [7, 11) is 1.20. The first-order valence-corrected chi connectivity index (χ1v) is 11.3. The monoisotopic (exact) mass is 504 g/mol. The summed E-state index contributed by atoms with van der Waals surface area (Å²) in [6.07, 6.45) is -4.08. The Bertz CT molecular complexity index is 1300. The lowest BCUT2D eigenvalue weighted by Crippen LogP contribution is -2.15. The normalized spacial score (nSPS) is 14.9. The summed E-state index contributed by atoms with van der Waals surface area (Å²) in [4.78, 5) is 41.0. The minimum Gasteiger partial charge on any atom is -0.481 e. The number of aromatic nitrogens is 1. The maximum absolute atomic E-state index is 13.0. The minimum absolute atomic E-state index is 0.107. The number of thiazole rings is 1. The third kappa shape index (κ3) is 5.19. The highest BCUT2D eigenvalue weighted by Gasteiger charge is 2.32. The molecule has 1 aliphatic carbocycles. The standard InChI is InChI=1S/C24H19F3N2O5S/c1-34-19(30)11-18-20(21(31)28-15-7-5-14(6-8-15)24(25,26)27)35-22(29-18)16-4-2-3-12-9-13(23(32)33)10-17(12)16/h2-8,13H,9-11H2,1H3,(H,28,31)(H,32,33). The van der Waals surface area contributed by atoms with Crippen molar-refractivity contribution in [2.45, 2.75) is 25.4 Å². The van der Waals surface area contributed by atoms with Crippen molar-refractivity contribution in [2.24, 2.45) is 5.92 Å². The number of carboxylic acids is 1. The smallest absolute Gasteiger partial charge is 0.416 e. The molecule has 1 aromatic heterocycles. The van der Waals surface area contributed by atoms with E-state index in [-0.39, 0.29) is 22.7 Å². The number of halogens is 3. The molecule has 3 aromatic rings. The molecular formula is C24H19F3N2O5S. The largest absolute Gasteiger partial charge is 0.481 e. The first kappa shape index (κ1) is 24.4. The number of nitrogens with zero attached hydrogens (tertiary/aromatic N) is 1. The lowest BCUT2D eigenvalue weighted by Gasteiger charge is -2.08. The van der Waals surface area contributed by atoms with Gasteiger partial charge in [0.15, 0.2) is 0 Å². The number of amides is 1. The minimum atomic E-state index is -4.50. The highest BCUT2D eigenvalue weighted by atomic mass is 32.1. The van der Waals surface area contributed by atoms with Crippen molar-refractivity contribution < 1.29 is 37.4 Å². The van der Waals surface area contributed by atoms with E-state index in [1.54, 1.807) is 12.1 Å². The van der Waals surface area contributed by atoms with Crippen LogP contribution >= 0.6 is 11.3 Å². The summed E-state index contributed by atoms with van der Waals surface area (Å²) in [6, 6.07) is 9.40. The highest BCUT2D eigenvalue weighted by Crippen LogP contribution is 2.38. The fourth-order valence-corrected chi connectivity index (χ4v) is 4.96. The summed E-state index contributed by atoms with van der Waals surface area (Å²) in [5.74, 6) is -2.70. The fourth-order valence-electron chi connectivity index (χ4n) is 3.93. The van der Waals surface area contributed by atoms with Crippen molar-refractivity contribution >= 4 is 34.9 Å². The van der Waals surface area contributed by atoms with Crippen LogP contribution in [0, 0.1) is 5.92 Å². The molecule has 1 amide bonds. The Balaban J connectivity index is 1.67. The van der Waals surface area contributed by atoms with Crippen molar-refractivity contribution in [2.75, 3.05) is 12.4 Å². The Labute approximate surface area is 201 Å². The number of anilines is 1. The number of hydrogen-bond acceptors (Lipinski definition) is 6. The lowest BCUT2D eigenvalue weighted by atomic mass is 10.0. The van der Waals surface area contributed by atoms with Gasteiger partial charge in [0.2, 0.25) is 0 Å². The van der Waals surface area contributed by atoms with Crippen molar-refractivity contribution in [3.05, 3.63) is 69.7 Å². The van der Waals surface area contributed by atoms with Crippen LogP contribution in [-0.2, 0) is 39.8 Å². The van der Waals surface area contributed by atoms with Gasteiger partial charge in [-0.2, -0.15) is 13.2 Å². The first-order chi connectivity index (χ1) is 16.6. The van der Waals surface area contributed by atoms with E-state index in [1.807, 2.05) is 6.07 Å². The molecule has 1 atom stereocenters.